The minimum absolute atomic E-state index is 0.161. The lowest BCUT2D eigenvalue weighted by Gasteiger charge is -2.25. The number of carbonyl (C=O) groups is 1. The molecule has 1 aliphatic rings. The molecule has 1 aromatic heterocycles. The van der Waals surface area contributed by atoms with E-state index in [-0.39, 0.29) is 5.75 Å². The molecule has 1 aromatic carbocycles. The number of halogens is 2. The van der Waals surface area contributed by atoms with E-state index in [0.29, 0.717) is 10.8 Å². The van der Waals surface area contributed by atoms with Crippen LogP contribution in [0.25, 0.3) is 0 Å². The zero-order valence-electron chi connectivity index (χ0n) is 19.6. The van der Waals surface area contributed by atoms with Crippen LogP contribution in [0.15, 0.2) is 41.3 Å². The van der Waals surface area contributed by atoms with Crippen LogP contribution in [-0.4, -0.2) is 56.9 Å². The second-order valence-electron chi connectivity index (χ2n) is 8.20. The molecule has 2 aromatic rings. The van der Waals surface area contributed by atoms with Crippen molar-refractivity contribution in [3.63, 3.8) is 0 Å². The zero-order valence-corrected chi connectivity index (χ0v) is 21.3. The van der Waals surface area contributed by atoms with Crippen molar-refractivity contribution in [2.45, 2.75) is 55.8 Å². The van der Waals surface area contributed by atoms with E-state index in [0.717, 1.165) is 11.8 Å². The lowest BCUT2D eigenvalue weighted by atomic mass is 10.1. The van der Waals surface area contributed by atoms with Gasteiger partial charge in [0.15, 0.2) is 17.8 Å². The number of thioether (sulfide) groups is 1. The van der Waals surface area contributed by atoms with Crippen LogP contribution >= 0.6 is 19.5 Å². The summed E-state index contributed by atoms with van der Waals surface area (Å²) in [5.41, 5.74) is 4.27. The number of anilines is 1. The molecule has 36 heavy (non-hydrogen) atoms. The molecule has 0 spiro atoms. The lowest BCUT2D eigenvalue weighted by Crippen LogP contribution is -2.37. The van der Waals surface area contributed by atoms with Crippen molar-refractivity contribution >= 4 is 31.3 Å². The highest BCUT2D eigenvalue weighted by molar-refractivity contribution is 8.00. The Morgan fingerprint density at radius 2 is 2.00 bits per heavy atom. The number of esters is 1. The van der Waals surface area contributed by atoms with Crippen LogP contribution in [0.3, 0.4) is 0 Å². The van der Waals surface area contributed by atoms with Gasteiger partial charge in [-0.3, -0.25) is 13.9 Å². The van der Waals surface area contributed by atoms with Gasteiger partial charge in [-0.2, -0.15) is 10.1 Å². The minimum Gasteiger partial charge on any atom is -0.462 e. The Kier molecular flexibility index (Phi) is 9.12. The number of alkyl halides is 1. The summed E-state index contributed by atoms with van der Waals surface area (Å²) in [5, 5.41) is 10.5. The Labute approximate surface area is 209 Å². The van der Waals surface area contributed by atoms with Gasteiger partial charge in [0.2, 0.25) is 0 Å². The molecular formula is C21H27F2N4O7PS. The second kappa shape index (κ2) is 11.7. The van der Waals surface area contributed by atoms with Crippen molar-refractivity contribution in [3.8, 4) is 5.75 Å². The number of aromatic nitrogens is 2. The minimum atomic E-state index is -4.26. The number of nitrogens with zero attached hydrogens (tertiary/aromatic N) is 2. The van der Waals surface area contributed by atoms with Gasteiger partial charge >= 0.3 is 19.4 Å². The summed E-state index contributed by atoms with van der Waals surface area (Å²) in [6.07, 6.45) is -3.39. The fraction of sp³-hybridized carbons (Fsp3) is 0.476. The highest BCUT2D eigenvalue weighted by Crippen LogP contribution is 2.49. The molecule has 2 heterocycles. The van der Waals surface area contributed by atoms with Crippen molar-refractivity contribution < 1.29 is 37.0 Å². The highest BCUT2D eigenvalue weighted by atomic mass is 32.2. The molecule has 3 rings (SSSR count). The van der Waals surface area contributed by atoms with Crippen molar-refractivity contribution in [1.82, 2.24) is 14.6 Å². The smallest absolute Gasteiger partial charge is 0.459 e. The first-order chi connectivity index (χ1) is 16.9. The Morgan fingerprint density at radius 3 is 2.64 bits per heavy atom. The van der Waals surface area contributed by atoms with Crippen molar-refractivity contribution in [1.29, 1.82) is 0 Å². The molecule has 0 amide bonds. The number of nitrogen functional groups attached to an aromatic ring is 1. The Balaban J connectivity index is 1.77. The van der Waals surface area contributed by atoms with E-state index in [1.165, 1.54) is 19.1 Å². The van der Waals surface area contributed by atoms with E-state index in [1.807, 2.05) is 0 Å². The number of nitrogens with one attached hydrogen (secondary N) is 1. The van der Waals surface area contributed by atoms with Crippen LogP contribution in [0, 0.1) is 5.82 Å². The fourth-order valence-electron chi connectivity index (χ4n) is 3.21. The number of para-hydroxylation sites is 1. The van der Waals surface area contributed by atoms with Crippen molar-refractivity contribution in [2.75, 3.05) is 12.3 Å². The molecule has 4 N–H and O–H groups in total. The quantitative estimate of drug-likeness (QED) is 0.296. The first-order valence-corrected chi connectivity index (χ1v) is 13.4. The normalized spacial score (nSPS) is 24.3. The third kappa shape index (κ3) is 6.83. The van der Waals surface area contributed by atoms with Crippen LogP contribution in [0.2, 0.25) is 0 Å². The van der Waals surface area contributed by atoms with Gasteiger partial charge in [0.25, 0.3) is 0 Å². The maximum atomic E-state index is 14.9. The summed E-state index contributed by atoms with van der Waals surface area (Å²) < 4.78 is 59.1. The zero-order chi connectivity index (χ0) is 26.6. The average Bonchev–Trinajstić information content (AvgIpc) is 3.08. The predicted molar refractivity (Wildman–Crippen MR) is 129 cm³/mol. The summed E-state index contributed by atoms with van der Waals surface area (Å²) >= 11 is 0.759. The van der Waals surface area contributed by atoms with Gasteiger partial charge < -0.3 is 20.1 Å². The lowest BCUT2D eigenvalue weighted by molar-refractivity contribution is -0.149. The van der Waals surface area contributed by atoms with E-state index in [9.17, 15) is 28.0 Å². The highest BCUT2D eigenvalue weighted by Gasteiger charge is 2.47. The number of ether oxygens (including phenoxy) is 1. The van der Waals surface area contributed by atoms with Gasteiger partial charge in [-0.15, -0.1) is 11.8 Å². The Morgan fingerprint density at radius 1 is 1.33 bits per heavy atom. The van der Waals surface area contributed by atoms with Crippen LogP contribution in [0.4, 0.5) is 14.6 Å². The predicted octanol–water partition coefficient (Wildman–Crippen LogP) is 2.41. The summed E-state index contributed by atoms with van der Waals surface area (Å²) in [4.78, 5) is 27.7. The van der Waals surface area contributed by atoms with E-state index in [4.69, 9.17) is 19.5 Å². The van der Waals surface area contributed by atoms with E-state index < -0.39 is 72.7 Å². The van der Waals surface area contributed by atoms with Crippen molar-refractivity contribution in [2.24, 2.45) is 0 Å². The fourth-order valence-corrected chi connectivity index (χ4v) is 6.24. The maximum Gasteiger partial charge on any atom is 0.459 e. The number of nitrogens with two attached hydrogens (primary N) is 1. The molecule has 1 aliphatic heterocycles. The summed E-state index contributed by atoms with van der Waals surface area (Å²) in [5.74, 6) is -2.20. The third-order valence-corrected chi connectivity index (χ3v) is 8.11. The van der Waals surface area contributed by atoms with Gasteiger partial charge in [0, 0.05) is 6.20 Å². The van der Waals surface area contributed by atoms with Gasteiger partial charge in [-0.25, -0.2) is 18.1 Å². The first kappa shape index (κ1) is 28.1. The topological polar surface area (TPSA) is 155 Å². The van der Waals surface area contributed by atoms with Gasteiger partial charge in [-0.05, 0) is 32.9 Å². The molecule has 1 fully saturated rings. The molecule has 11 nitrogen and oxygen atoms in total. The van der Waals surface area contributed by atoms with E-state index >= 15 is 0 Å². The number of aliphatic hydroxyl groups is 1. The number of hydrogen-bond donors (Lipinski definition) is 3. The van der Waals surface area contributed by atoms with Crippen LogP contribution in [-0.2, 0) is 18.6 Å². The molecule has 198 valence electrons. The van der Waals surface area contributed by atoms with E-state index in [1.54, 1.807) is 32.0 Å². The molecule has 2 unspecified atom stereocenters. The molecule has 0 radical (unpaired) electrons. The summed E-state index contributed by atoms with van der Waals surface area (Å²) in [7, 11) is -4.26. The van der Waals surface area contributed by atoms with Gasteiger partial charge in [0.1, 0.15) is 23.3 Å². The van der Waals surface area contributed by atoms with Crippen LogP contribution in [0.1, 0.15) is 26.1 Å². The number of benzene rings is 1. The Bertz CT molecular complexity index is 1170. The van der Waals surface area contributed by atoms with Crippen molar-refractivity contribution in [3.05, 3.63) is 52.8 Å². The first-order valence-electron chi connectivity index (χ1n) is 10.9. The molecule has 0 saturated carbocycles. The number of rotatable bonds is 10. The molecule has 0 bridgehead atoms. The largest absolute Gasteiger partial charge is 0.462 e. The third-order valence-electron chi connectivity index (χ3n) is 4.94. The Hall–Kier alpha value is -2.51. The standard InChI is InChI=1S/C21H27F2N4O7PS/c1-11(2)33-20(29)12(3)26-35(31,34-13-7-5-4-6-8-13)32-10-15-17(28)16(23)19(36-15)27-9-14(22)18(24)25-21(27)30/h4-9,11-12,15-17,19,28H,10H2,1-3H3,(H,26,31)(H2,24,25,30)/t12?,15-,16+,17-,19-,35?/m1/s1. The maximum absolute atomic E-state index is 14.9. The number of aliphatic hydroxyl groups excluding tert-OH is 1. The van der Waals surface area contributed by atoms with Gasteiger partial charge in [0.05, 0.1) is 18.0 Å². The van der Waals surface area contributed by atoms with E-state index in [2.05, 4.69) is 10.1 Å². The molecular weight excluding hydrogens is 521 g/mol. The monoisotopic (exact) mass is 548 g/mol. The molecule has 6 atom stereocenters. The summed E-state index contributed by atoms with van der Waals surface area (Å²) in [6.45, 7) is 4.19. The van der Waals surface area contributed by atoms with Crippen LogP contribution < -0.4 is 21.0 Å². The molecule has 0 aliphatic carbocycles. The molecule has 15 heteroatoms. The average molecular weight is 549 g/mol. The number of hydrogen-bond acceptors (Lipinski definition) is 10. The summed E-state index contributed by atoms with van der Waals surface area (Å²) in [6, 6.07) is 6.88. The SMILES string of the molecule is CC(C)OC(=O)C(C)NP(=O)(OC[C@H]1S[C@@H](n2cc(F)c(N)nc2=O)[C@@H](F)[C@@H]1O)Oc1ccccc1. The van der Waals surface area contributed by atoms with Crippen LogP contribution in [0.5, 0.6) is 5.75 Å². The van der Waals surface area contributed by atoms with Gasteiger partial charge in [-0.1, -0.05) is 18.2 Å². The second-order valence-corrected chi connectivity index (χ2v) is 11.3. The molecule has 1 saturated heterocycles. The number of carbonyl (C=O) groups excluding carboxylic acids is 1.